The number of nitrogens with two attached hydrogens (primary N) is 1. The zero-order chi connectivity index (χ0) is 14.2. The molecule has 1 atom stereocenters. The van der Waals surface area contributed by atoms with Crippen LogP contribution in [0.5, 0.6) is 0 Å². The molecular weight excluding hydrogens is 248 g/mol. The van der Waals surface area contributed by atoms with E-state index in [9.17, 15) is 4.79 Å². The smallest absolute Gasteiger partial charge is 0.223 e. The summed E-state index contributed by atoms with van der Waals surface area (Å²) in [6, 6.07) is 8.76. The van der Waals surface area contributed by atoms with Crippen LogP contribution in [0.3, 0.4) is 0 Å². The molecule has 108 valence electrons. The minimum Gasteiger partial charge on any atom is -0.339 e. The van der Waals surface area contributed by atoms with E-state index in [0.29, 0.717) is 13.0 Å². The number of hydrogen-bond donors (Lipinski definition) is 1. The zero-order valence-electron chi connectivity index (χ0n) is 12.3. The largest absolute Gasteiger partial charge is 0.339 e. The van der Waals surface area contributed by atoms with Gasteiger partial charge >= 0.3 is 0 Å². The topological polar surface area (TPSA) is 46.3 Å². The minimum absolute atomic E-state index is 0.101. The highest BCUT2D eigenvalue weighted by Crippen LogP contribution is 2.44. The SMILES string of the molecule is CN(C(=O)CC1(CN)CCC1)C1CCc2ccccc21. The van der Waals surface area contributed by atoms with E-state index in [1.54, 1.807) is 0 Å². The molecule has 3 heteroatoms. The van der Waals surface area contributed by atoms with Crippen molar-refractivity contribution >= 4 is 5.91 Å². The van der Waals surface area contributed by atoms with Gasteiger partial charge in [-0.1, -0.05) is 30.7 Å². The standard InChI is InChI=1S/C17H24N2O/c1-19(16(20)11-17(12-18)9-4-10-17)15-8-7-13-5-2-3-6-14(13)15/h2-3,5-6,15H,4,7-12,18H2,1H3. The molecule has 1 aromatic rings. The third kappa shape index (κ3) is 2.24. The van der Waals surface area contributed by atoms with Crippen LogP contribution in [0.15, 0.2) is 24.3 Å². The molecule has 1 aromatic carbocycles. The molecule has 2 aliphatic rings. The van der Waals surface area contributed by atoms with Gasteiger partial charge in [-0.25, -0.2) is 0 Å². The van der Waals surface area contributed by atoms with Crippen LogP contribution in [-0.4, -0.2) is 24.4 Å². The fourth-order valence-electron chi connectivity index (χ4n) is 3.69. The summed E-state index contributed by atoms with van der Waals surface area (Å²) in [6.45, 7) is 0.647. The molecule has 0 radical (unpaired) electrons. The Labute approximate surface area is 121 Å². The molecule has 0 bridgehead atoms. The second-order valence-corrected chi connectivity index (χ2v) is 6.49. The summed E-state index contributed by atoms with van der Waals surface area (Å²) in [6.07, 6.45) is 6.21. The number of carbonyl (C=O) groups excluding carboxylic acids is 1. The van der Waals surface area contributed by atoms with Crippen molar-refractivity contribution in [2.75, 3.05) is 13.6 Å². The van der Waals surface area contributed by atoms with E-state index in [1.165, 1.54) is 17.5 Å². The van der Waals surface area contributed by atoms with E-state index in [0.717, 1.165) is 25.7 Å². The molecule has 3 rings (SSSR count). The predicted molar refractivity (Wildman–Crippen MR) is 80.2 cm³/mol. The van der Waals surface area contributed by atoms with Crippen molar-refractivity contribution in [1.29, 1.82) is 0 Å². The Hall–Kier alpha value is -1.35. The summed E-state index contributed by atoms with van der Waals surface area (Å²) in [5, 5.41) is 0. The summed E-state index contributed by atoms with van der Waals surface area (Å²) in [5.74, 6) is 0.261. The summed E-state index contributed by atoms with van der Waals surface area (Å²) in [5.41, 5.74) is 8.71. The van der Waals surface area contributed by atoms with Crippen LogP contribution < -0.4 is 5.73 Å². The number of amides is 1. The summed E-state index contributed by atoms with van der Waals surface area (Å²) in [7, 11) is 1.96. The fourth-order valence-corrected chi connectivity index (χ4v) is 3.69. The van der Waals surface area contributed by atoms with Crippen LogP contribution in [0.4, 0.5) is 0 Å². The third-order valence-corrected chi connectivity index (χ3v) is 5.34. The Morgan fingerprint density at radius 2 is 2.15 bits per heavy atom. The second-order valence-electron chi connectivity index (χ2n) is 6.49. The van der Waals surface area contributed by atoms with Crippen molar-refractivity contribution in [2.45, 2.75) is 44.6 Å². The van der Waals surface area contributed by atoms with Gasteiger partial charge in [-0.05, 0) is 48.8 Å². The van der Waals surface area contributed by atoms with Gasteiger partial charge in [0.05, 0.1) is 6.04 Å². The molecule has 1 saturated carbocycles. The van der Waals surface area contributed by atoms with Gasteiger partial charge in [0.15, 0.2) is 0 Å². The van der Waals surface area contributed by atoms with Gasteiger partial charge in [0, 0.05) is 13.5 Å². The molecule has 1 fully saturated rings. The summed E-state index contributed by atoms with van der Waals surface area (Å²) >= 11 is 0. The highest BCUT2D eigenvalue weighted by Gasteiger charge is 2.39. The number of aryl methyl sites for hydroxylation is 1. The van der Waals surface area contributed by atoms with Gasteiger partial charge in [-0.15, -0.1) is 0 Å². The maximum absolute atomic E-state index is 12.6. The first-order chi connectivity index (χ1) is 9.65. The Balaban J connectivity index is 1.70. The summed E-state index contributed by atoms with van der Waals surface area (Å²) in [4.78, 5) is 14.5. The number of carbonyl (C=O) groups is 1. The first kappa shape index (κ1) is 13.6. The van der Waals surface area contributed by atoms with Crippen LogP contribution in [-0.2, 0) is 11.2 Å². The van der Waals surface area contributed by atoms with Crippen molar-refractivity contribution in [3.8, 4) is 0 Å². The van der Waals surface area contributed by atoms with Crippen molar-refractivity contribution in [3.63, 3.8) is 0 Å². The molecule has 0 heterocycles. The monoisotopic (exact) mass is 272 g/mol. The van der Waals surface area contributed by atoms with Crippen molar-refractivity contribution in [3.05, 3.63) is 35.4 Å². The number of hydrogen-bond acceptors (Lipinski definition) is 2. The second kappa shape index (κ2) is 5.21. The van der Waals surface area contributed by atoms with E-state index in [4.69, 9.17) is 5.73 Å². The molecule has 2 aliphatic carbocycles. The third-order valence-electron chi connectivity index (χ3n) is 5.34. The van der Waals surface area contributed by atoms with Crippen LogP contribution in [0, 0.1) is 5.41 Å². The Kier molecular flexibility index (Phi) is 3.55. The number of rotatable bonds is 4. The molecule has 20 heavy (non-hydrogen) atoms. The van der Waals surface area contributed by atoms with E-state index in [2.05, 4.69) is 24.3 Å². The van der Waals surface area contributed by atoms with Crippen LogP contribution in [0.25, 0.3) is 0 Å². The molecule has 2 N–H and O–H groups in total. The number of benzene rings is 1. The van der Waals surface area contributed by atoms with Crippen molar-refractivity contribution in [2.24, 2.45) is 11.1 Å². The Morgan fingerprint density at radius 3 is 2.80 bits per heavy atom. The molecule has 0 saturated heterocycles. The maximum Gasteiger partial charge on any atom is 0.223 e. The van der Waals surface area contributed by atoms with Gasteiger partial charge in [0.25, 0.3) is 0 Å². The number of nitrogens with zero attached hydrogens (tertiary/aromatic N) is 1. The quantitative estimate of drug-likeness (QED) is 0.916. The first-order valence-corrected chi connectivity index (χ1v) is 7.69. The molecular formula is C17H24N2O. The highest BCUT2D eigenvalue weighted by atomic mass is 16.2. The minimum atomic E-state index is 0.101. The molecule has 3 nitrogen and oxygen atoms in total. The lowest BCUT2D eigenvalue weighted by Crippen LogP contribution is -2.43. The fraction of sp³-hybridized carbons (Fsp3) is 0.588. The Bertz CT molecular complexity index is 502. The van der Waals surface area contributed by atoms with E-state index in [1.807, 2.05) is 11.9 Å². The van der Waals surface area contributed by atoms with Crippen molar-refractivity contribution in [1.82, 2.24) is 4.90 Å². The van der Waals surface area contributed by atoms with Crippen LogP contribution >= 0.6 is 0 Å². The number of fused-ring (bicyclic) bond motifs is 1. The first-order valence-electron chi connectivity index (χ1n) is 7.69. The highest BCUT2D eigenvalue weighted by molar-refractivity contribution is 5.77. The van der Waals surface area contributed by atoms with Crippen LogP contribution in [0.2, 0.25) is 0 Å². The van der Waals surface area contributed by atoms with Crippen molar-refractivity contribution < 1.29 is 4.79 Å². The van der Waals surface area contributed by atoms with Gasteiger partial charge < -0.3 is 10.6 Å². The van der Waals surface area contributed by atoms with Gasteiger partial charge in [-0.3, -0.25) is 4.79 Å². The van der Waals surface area contributed by atoms with E-state index in [-0.39, 0.29) is 17.4 Å². The predicted octanol–water partition coefficient (Wildman–Crippen LogP) is 2.65. The van der Waals surface area contributed by atoms with E-state index < -0.39 is 0 Å². The molecule has 1 unspecified atom stereocenters. The lowest BCUT2D eigenvalue weighted by atomic mass is 9.66. The van der Waals surface area contributed by atoms with Gasteiger partial charge in [0.2, 0.25) is 5.91 Å². The lowest BCUT2D eigenvalue weighted by Gasteiger charge is -2.41. The molecule has 0 aliphatic heterocycles. The molecule has 0 aromatic heterocycles. The molecule has 1 amide bonds. The lowest BCUT2D eigenvalue weighted by molar-refractivity contribution is -0.136. The Morgan fingerprint density at radius 1 is 1.40 bits per heavy atom. The van der Waals surface area contributed by atoms with Gasteiger partial charge in [-0.2, -0.15) is 0 Å². The average Bonchev–Trinajstić information content (AvgIpc) is 2.85. The maximum atomic E-state index is 12.6. The summed E-state index contributed by atoms with van der Waals surface area (Å²) < 4.78 is 0. The average molecular weight is 272 g/mol. The molecule has 0 spiro atoms. The van der Waals surface area contributed by atoms with Gasteiger partial charge in [0.1, 0.15) is 0 Å². The normalized spacial score (nSPS) is 23.0. The van der Waals surface area contributed by atoms with Crippen LogP contribution in [0.1, 0.15) is 49.3 Å². The van der Waals surface area contributed by atoms with E-state index >= 15 is 0 Å². The zero-order valence-corrected chi connectivity index (χ0v) is 12.3.